The van der Waals surface area contributed by atoms with E-state index in [0.717, 1.165) is 0 Å². The molecule has 2 heterocycles. The summed E-state index contributed by atoms with van der Waals surface area (Å²) in [6.45, 7) is 0. The van der Waals surface area contributed by atoms with Crippen LogP contribution in [0, 0.1) is 0 Å². The van der Waals surface area contributed by atoms with Gasteiger partial charge in [0.15, 0.2) is 0 Å². The van der Waals surface area contributed by atoms with Crippen molar-refractivity contribution in [3.05, 3.63) is 24.0 Å². The standard InChI is InChI=1S/C10H16N2S2/c1-11-10(8-3-2-4-12-8)9-7-13-5-6-14-9/h2-4,9-12H,5-7H2,1H3. The molecule has 2 atom stereocenters. The Morgan fingerprint density at radius 1 is 1.57 bits per heavy atom. The highest BCUT2D eigenvalue weighted by Gasteiger charge is 2.24. The smallest absolute Gasteiger partial charge is 0.0598 e. The monoisotopic (exact) mass is 228 g/mol. The zero-order chi connectivity index (χ0) is 9.80. The van der Waals surface area contributed by atoms with Crippen LogP contribution in [0.2, 0.25) is 0 Å². The number of aromatic nitrogens is 1. The van der Waals surface area contributed by atoms with E-state index in [0.29, 0.717) is 11.3 Å². The molecule has 14 heavy (non-hydrogen) atoms. The molecule has 2 nitrogen and oxygen atoms in total. The van der Waals surface area contributed by atoms with Gasteiger partial charge < -0.3 is 10.3 Å². The second-order valence-electron chi connectivity index (χ2n) is 3.38. The van der Waals surface area contributed by atoms with Gasteiger partial charge in [-0.1, -0.05) is 0 Å². The van der Waals surface area contributed by atoms with Crippen molar-refractivity contribution < 1.29 is 0 Å². The highest BCUT2D eigenvalue weighted by molar-refractivity contribution is 8.06. The van der Waals surface area contributed by atoms with E-state index in [9.17, 15) is 0 Å². The number of nitrogens with one attached hydrogen (secondary N) is 2. The second kappa shape index (κ2) is 5.14. The molecule has 1 fully saturated rings. The average molecular weight is 228 g/mol. The summed E-state index contributed by atoms with van der Waals surface area (Å²) >= 11 is 4.16. The van der Waals surface area contributed by atoms with Gasteiger partial charge in [-0.3, -0.25) is 0 Å². The maximum Gasteiger partial charge on any atom is 0.0598 e. The SMILES string of the molecule is CNC(c1ccc[nH]1)C1CSCCS1. The minimum Gasteiger partial charge on any atom is -0.364 e. The van der Waals surface area contributed by atoms with Crippen LogP contribution in [0.4, 0.5) is 0 Å². The average Bonchev–Trinajstić information content (AvgIpc) is 2.74. The Balaban J connectivity index is 2.04. The van der Waals surface area contributed by atoms with Gasteiger partial charge in [0.1, 0.15) is 0 Å². The fourth-order valence-corrected chi connectivity index (χ4v) is 4.68. The molecule has 1 aromatic heterocycles. The molecule has 1 aliphatic rings. The van der Waals surface area contributed by atoms with E-state index in [-0.39, 0.29) is 0 Å². The fraction of sp³-hybridized carbons (Fsp3) is 0.600. The molecule has 0 saturated carbocycles. The maximum atomic E-state index is 3.41. The molecule has 1 aliphatic heterocycles. The van der Waals surface area contributed by atoms with E-state index in [1.54, 1.807) is 0 Å². The lowest BCUT2D eigenvalue weighted by Gasteiger charge is -2.28. The van der Waals surface area contributed by atoms with Gasteiger partial charge in [-0.05, 0) is 19.2 Å². The van der Waals surface area contributed by atoms with Gasteiger partial charge >= 0.3 is 0 Å². The van der Waals surface area contributed by atoms with E-state index in [4.69, 9.17) is 0 Å². The zero-order valence-electron chi connectivity index (χ0n) is 8.32. The molecule has 0 radical (unpaired) electrons. The van der Waals surface area contributed by atoms with Crippen LogP contribution < -0.4 is 5.32 Å². The van der Waals surface area contributed by atoms with Crippen LogP contribution in [0.15, 0.2) is 18.3 Å². The highest BCUT2D eigenvalue weighted by Crippen LogP contribution is 2.32. The Morgan fingerprint density at radius 2 is 2.50 bits per heavy atom. The largest absolute Gasteiger partial charge is 0.364 e. The molecular weight excluding hydrogens is 212 g/mol. The number of H-pyrrole nitrogens is 1. The van der Waals surface area contributed by atoms with Gasteiger partial charge in [-0.25, -0.2) is 0 Å². The van der Waals surface area contributed by atoms with Crippen molar-refractivity contribution in [1.29, 1.82) is 0 Å². The molecule has 4 heteroatoms. The van der Waals surface area contributed by atoms with E-state index in [1.807, 2.05) is 13.2 Å². The molecule has 1 aromatic rings. The van der Waals surface area contributed by atoms with Crippen LogP contribution in [0.5, 0.6) is 0 Å². The molecule has 2 unspecified atom stereocenters. The predicted octanol–water partition coefficient (Wildman–Crippen LogP) is 2.12. The van der Waals surface area contributed by atoms with Gasteiger partial charge in [0.2, 0.25) is 0 Å². The highest BCUT2D eigenvalue weighted by atomic mass is 32.2. The predicted molar refractivity (Wildman–Crippen MR) is 66.2 cm³/mol. The van der Waals surface area contributed by atoms with Crippen LogP contribution in [0.3, 0.4) is 0 Å². The summed E-state index contributed by atoms with van der Waals surface area (Å²) in [6, 6.07) is 4.71. The first-order valence-electron chi connectivity index (χ1n) is 4.91. The first-order valence-corrected chi connectivity index (χ1v) is 7.12. The molecule has 78 valence electrons. The van der Waals surface area contributed by atoms with Crippen molar-refractivity contribution in [3.8, 4) is 0 Å². The fourth-order valence-electron chi connectivity index (χ4n) is 1.78. The number of hydrogen-bond acceptors (Lipinski definition) is 3. The van der Waals surface area contributed by atoms with Crippen LogP contribution in [0.25, 0.3) is 0 Å². The summed E-state index contributed by atoms with van der Waals surface area (Å²) in [7, 11) is 2.05. The molecule has 0 amide bonds. The summed E-state index contributed by atoms with van der Waals surface area (Å²) in [5.74, 6) is 3.85. The van der Waals surface area contributed by atoms with Gasteiger partial charge in [-0.2, -0.15) is 23.5 Å². The third-order valence-corrected chi connectivity index (χ3v) is 5.35. The normalized spacial score (nSPS) is 24.8. The number of rotatable bonds is 3. The lowest BCUT2D eigenvalue weighted by Crippen LogP contribution is -2.31. The third-order valence-electron chi connectivity index (χ3n) is 2.48. The summed E-state index contributed by atoms with van der Waals surface area (Å²) in [5, 5.41) is 4.11. The quantitative estimate of drug-likeness (QED) is 0.830. The first kappa shape index (κ1) is 10.5. The molecule has 0 bridgehead atoms. The van der Waals surface area contributed by atoms with E-state index < -0.39 is 0 Å². The molecule has 0 spiro atoms. The van der Waals surface area contributed by atoms with Crippen LogP contribution in [-0.2, 0) is 0 Å². The van der Waals surface area contributed by atoms with E-state index in [1.165, 1.54) is 23.0 Å². The molecular formula is C10H16N2S2. The summed E-state index contributed by atoms with van der Waals surface area (Å²) < 4.78 is 0. The van der Waals surface area contributed by atoms with Gasteiger partial charge in [0.25, 0.3) is 0 Å². The Bertz CT molecular complexity index is 255. The summed E-state index contributed by atoms with van der Waals surface area (Å²) in [5.41, 5.74) is 1.31. The Kier molecular flexibility index (Phi) is 3.84. The van der Waals surface area contributed by atoms with Crippen molar-refractivity contribution in [3.63, 3.8) is 0 Å². The van der Waals surface area contributed by atoms with E-state index >= 15 is 0 Å². The minimum atomic E-state index is 0.475. The number of aromatic amines is 1. The molecule has 2 rings (SSSR count). The van der Waals surface area contributed by atoms with Crippen molar-refractivity contribution in [1.82, 2.24) is 10.3 Å². The van der Waals surface area contributed by atoms with Crippen LogP contribution >= 0.6 is 23.5 Å². The van der Waals surface area contributed by atoms with Gasteiger partial charge in [0.05, 0.1) is 6.04 Å². The minimum absolute atomic E-state index is 0.475. The second-order valence-corrected chi connectivity index (χ2v) is 5.87. The topological polar surface area (TPSA) is 27.8 Å². The van der Waals surface area contributed by atoms with Crippen molar-refractivity contribution in [2.75, 3.05) is 24.3 Å². The summed E-state index contributed by atoms with van der Waals surface area (Å²) in [4.78, 5) is 3.30. The van der Waals surface area contributed by atoms with Crippen LogP contribution in [0.1, 0.15) is 11.7 Å². The first-order chi connectivity index (χ1) is 6.92. The molecule has 0 aromatic carbocycles. The number of hydrogen-bond donors (Lipinski definition) is 2. The molecule has 1 saturated heterocycles. The lowest BCUT2D eigenvalue weighted by atomic mass is 10.1. The lowest BCUT2D eigenvalue weighted by molar-refractivity contribution is 0.579. The Labute approximate surface area is 93.6 Å². The van der Waals surface area contributed by atoms with Gasteiger partial charge in [0, 0.05) is 34.4 Å². The van der Waals surface area contributed by atoms with Crippen molar-refractivity contribution in [2.45, 2.75) is 11.3 Å². The maximum absolute atomic E-state index is 3.41. The van der Waals surface area contributed by atoms with Crippen molar-refractivity contribution in [2.24, 2.45) is 0 Å². The Hall–Kier alpha value is -0.0600. The molecule has 0 aliphatic carbocycles. The molecule has 2 N–H and O–H groups in total. The van der Waals surface area contributed by atoms with Gasteiger partial charge in [-0.15, -0.1) is 0 Å². The third kappa shape index (κ3) is 2.30. The van der Waals surface area contributed by atoms with E-state index in [2.05, 4.69) is 46.0 Å². The zero-order valence-corrected chi connectivity index (χ0v) is 9.96. The van der Waals surface area contributed by atoms with Crippen LogP contribution in [-0.4, -0.2) is 34.5 Å². The van der Waals surface area contributed by atoms with Crippen molar-refractivity contribution >= 4 is 23.5 Å². The Morgan fingerprint density at radius 3 is 3.07 bits per heavy atom. The summed E-state index contributed by atoms with van der Waals surface area (Å²) in [6.07, 6.45) is 2.00. The number of thioether (sulfide) groups is 2.